The molecule has 0 bridgehead atoms. The largest absolute Gasteiger partial charge is 0.486 e. The van der Waals surface area contributed by atoms with Crippen LogP contribution >= 0.6 is 11.6 Å². The number of hydrogen-bond donors (Lipinski definition) is 0. The number of alkyl halides is 1. The van der Waals surface area contributed by atoms with Gasteiger partial charge in [-0.05, 0) is 24.6 Å². The lowest BCUT2D eigenvalue weighted by atomic mass is 10.2. The van der Waals surface area contributed by atoms with Crippen LogP contribution in [0.15, 0.2) is 18.2 Å². The van der Waals surface area contributed by atoms with Crippen molar-refractivity contribution < 1.29 is 9.47 Å². The Balaban J connectivity index is 2.07. The summed E-state index contributed by atoms with van der Waals surface area (Å²) < 4.78 is 10.9. The van der Waals surface area contributed by atoms with Gasteiger partial charge in [0.05, 0.1) is 0 Å². The van der Waals surface area contributed by atoms with Crippen molar-refractivity contribution in [3.8, 4) is 23.3 Å². The number of ether oxygens (including phenoxy) is 2. The molecule has 0 saturated heterocycles. The van der Waals surface area contributed by atoms with E-state index in [0.29, 0.717) is 19.1 Å². The summed E-state index contributed by atoms with van der Waals surface area (Å²) in [7, 11) is 0. The van der Waals surface area contributed by atoms with Crippen molar-refractivity contribution in [2.45, 2.75) is 12.8 Å². The van der Waals surface area contributed by atoms with Gasteiger partial charge in [0.25, 0.3) is 0 Å². The summed E-state index contributed by atoms with van der Waals surface area (Å²) in [5, 5.41) is 0. The Morgan fingerprint density at radius 2 is 2.00 bits per heavy atom. The molecule has 0 atom stereocenters. The second-order valence-electron chi connectivity index (χ2n) is 3.45. The molecule has 0 radical (unpaired) electrons. The first kappa shape index (κ1) is 11.2. The Morgan fingerprint density at radius 1 is 1.19 bits per heavy atom. The first-order valence-electron chi connectivity index (χ1n) is 5.34. The molecule has 0 aliphatic carbocycles. The minimum absolute atomic E-state index is 0.607. The Morgan fingerprint density at radius 3 is 2.81 bits per heavy atom. The molecule has 0 unspecified atom stereocenters. The van der Waals surface area contributed by atoms with Crippen molar-refractivity contribution in [2.75, 3.05) is 19.1 Å². The van der Waals surface area contributed by atoms with Gasteiger partial charge in [-0.15, -0.1) is 11.6 Å². The molecule has 0 spiro atoms. The zero-order valence-electron chi connectivity index (χ0n) is 8.96. The van der Waals surface area contributed by atoms with E-state index in [0.717, 1.165) is 29.9 Å². The first-order chi connectivity index (χ1) is 7.90. The van der Waals surface area contributed by atoms with Gasteiger partial charge < -0.3 is 9.47 Å². The van der Waals surface area contributed by atoms with E-state index in [1.807, 2.05) is 18.2 Å². The van der Waals surface area contributed by atoms with Crippen LogP contribution in [0.3, 0.4) is 0 Å². The number of hydrogen-bond acceptors (Lipinski definition) is 2. The van der Waals surface area contributed by atoms with Crippen LogP contribution in [0.1, 0.15) is 18.4 Å². The van der Waals surface area contributed by atoms with Crippen LogP contribution < -0.4 is 9.47 Å². The van der Waals surface area contributed by atoms with E-state index >= 15 is 0 Å². The van der Waals surface area contributed by atoms with Gasteiger partial charge in [0.2, 0.25) is 0 Å². The number of unbranched alkanes of at least 4 members (excludes halogenated alkanes) is 1. The molecule has 1 aromatic rings. The molecule has 1 aromatic carbocycles. The van der Waals surface area contributed by atoms with Crippen LogP contribution in [0, 0.1) is 11.8 Å². The summed E-state index contributed by atoms with van der Waals surface area (Å²) in [6.45, 7) is 1.23. The molecule has 0 N–H and O–H groups in total. The van der Waals surface area contributed by atoms with Crippen LogP contribution in [0.5, 0.6) is 11.5 Å². The van der Waals surface area contributed by atoms with Gasteiger partial charge in [-0.3, -0.25) is 0 Å². The smallest absolute Gasteiger partial charge is 0.162 e. The Labute approximate surface area is 101 Å². The number of fused-ring (bicyclic) bond motifs is 1. The van der Waals surface area contributed by atoms with Crippen molar-refractivity contribution in [3.63, 3.8) is 0 Å². The van der Waals surface area contributed by atoms with Crippen molar-refractivity contribution in [3.05, 3.63) is 23.8 Å². The first-order valence-corrected chi connectivity index (χ1v) is 5.88. The molecule has 1 aliphatic heterocycles. The highest BCUT2D eigenvalue weighted by molar-refractivity contribution is 6.17. The third-order valence-corrected chi connectivity index (χ3v) is 2.48. The molecule has 0 aromatic heterocycles. The van der Waals surface area contributed by atoms with Gasteiger partial charge in [-0.2, -0.15) is 0 Å². The van der Waals surface area contributed by atoms with Crippen molar-refractivity contribution in [1.82, 2.24) is 0 Å². The lowest BCUT2D eigenvalue weighted by Crippen LogP contribution is -2.15. The predicted octanol–water partition coefficient (Wildman–Crippen LogP) is 2.83. The van der Waals surface area contributed by atoms with E-state index in [4.69, 9.17) is 21.1 Å². The zero-order valence-corrected chi connectivity index (χ0v) is 9.72. The van der Waals surface area contributed by atoms with E-state index < -0.39 is 0 Å². The minimum Gasteiger partial charge on any atom is -0.486 e. The quantitative estimate of drug-likeness (QED) is 0.447. The lowest BCUT2D eigenvalue weighted by molar-refractivity contribution is 0.171. The molecule has 16 heavy (non-hydrogen) atoms. The maximum Gasteiger partial charge on any atom is 0.162 e. The third kappa shape index (κ3) is 2.84. The van der Waals surface area contributed by atoms with Crippen molar-refractivity contribution in [1.29, 1.82) is 0 Å². The molecule has 2 nitrogen and oxygen atoms in total. The average molecular weight is 237 g/mol. The van der Waals surface area contributed by atoms with E-state index in [2.05, 4.69) is 11.8 Å². The van der Waals surface area contributed by atoms with E-state index in [1.165, 1.54) is 0 Å². The fourth-order valence-corrected chi connectivity index (χ4v) is 1.57. The lowest BCUT2D eigenvalue weighted by Gasteiger charge is -2.17. The molecule has 0 saturated carbocycles. The number of benzene rings is 1. The Hall–Kier alpha value is -1.33. The van der Waals surface area contributed by atoms with E-state index in [9.17, 15) is 0 Å². The molecule has 2 rings (SSSR count). The molecular formula is C13H13ClO2. The maximum atomic E-state index is 5.57. The van der Waals surface area contributed by atoms with Gasteiger partial charge in [0.1, 0.15) is 13.2 Å². The van der Waals surface area contributed by atoms with Gasteiger partial charge >= 0.3 is 0 Å². The molecule has 0 amide bonds. The summed E-state index contributed by atoms with van der Waals surface area (Å²) in [6.07, 6.45) is 1.76. The highest BCUT2D eigenvalue weighted by Gasteiger charge is 2.10. The summed E-state index contributed by atoms with van der Waals surface area (Å²) in [5.74, 6) is 8.42. The van der Waals surface area contributed by atoms with Crippen LogP contribution in [0.25, 0.3) is 0 Å². The fraction of sp³-hybridized carbons (Fsp3) is 0.385. The number of halogens is 1. The summed E-state index contributed by atoms with van der Waals surface area (Å²) in [6, 6.07) is 5.77. The highest BCUT2D eigenvalue weighted by atomic mass is 35.5. The Kier molecular flexibility index (Phi) is 3.96. The topological polar surface area (TPSA) is 18.5 Å². The fourth-order valence-electron chi connectivity index (χ4n) is 1.44. The van der Waals surface area contributed by atoms with Gasteiger partial charge in [-0.25, -0.2) is 0 Å². The maximum absolute atomic E-state index is 5.57. The van der Waals surface area contributed by atoms with Crippen molar-refractivity contribution >= 4 is 11.6 Å². The SMILES string of the molecule is ClCCCC#Cc1ccc2c(c1)OCCO2. The monoisotopic (exact) mass is 236 g/mol. The summed E-state index contributed by atoms with van der Waals surface area (Å²) in [4.78, 5) is 0. The average Bonchev–Trinajstić information content (AvgIpc) is 2.34. The zero-order chi connectivity index (χ0) is 11.2. The standard InChI is InChI=1S/C13H13ClO2/c14-7-3-1-2-4-11-5-6-12-13(10-11)16-9-8-15-12/h5-6,10H,1,3,7-9H2. The minimum atomic E-state index is 0.607. The highest BCUT2D eigenvalue weighted by Crippen LogP contribution is 2.30. The van der Waals surface area contributed by atoms with Crippen LogP contribution in [0.4, 0.5) is 0 Å². The van der Waals surface area contributed by atoms with E-state index in [-0.39, 0.29) is 0 Å². The van der Waals surface area contributed by atoms with Crippen molar-refractivity contribution in [2.24, 2.45) is 0 Å². The molecule has 1 aliphatic rings. The second-order valence-corrected chi connectivity index (χ2v) is 3.83. The van der Waals surface area contributed by atoms with Gasteiger partial charge in [0.15, 0.2) is 11.5 Å². The molecule has 84 valence electrons. The molecule has 0 fully saturated rings. The second kappa shape index (κ2) is 5.67. The Bertz CT molecular complexity index is 418. The van der Waals surface area contributed by atoms with Gasteiger partial charge in [-0.1, -0.05) is 11.8 Å². The van der Waals surface area contributed by atoms with Gasteiger partial charge in [0, 0.05) is 17.9 Å². The third-order valence-electron chi connectivity index (χ3n) is 2.21. The van der Waals surface area contributed by atoms with Crippen LogP contribution in [0.2, 0.25) is 0 Å². The van der Waals surface area contributed by atoms with Crippen LogP contribution in [-0.4, -0.2) is 19.1 Å². The predicted molar refractivity (Wildman–Crippen MR) is 64.3 cm³/mol. The molecular weight excluding hydrogens is 224 g/mol. The van der Waals surface area contributed by atoms with Crippen LogP contribution in [-0.2, 0) is 0 Å². The summed E-state index contributed by atoms with van der Waals surface area (Å²) in [5.41, 5.74) is 0.957. The molecule has 1 heterocycles. The molecule has 3 heteroatoms. The van der Waals surface area contributed by atoms with E-state index in [1.54, 1.807) is 0 Å². The summed E-state index contributed by atoms with van der Waals surface area (Å²) >= 11 is 5.57. The normalized spacial score (nSPS) is 12.8. The number of rotatable bonds is 2.